The van der Waals surface area contributed by atoms with E-state index in [4.69, 9.17) is 4.84 Å². The summed E-state index contributed by atoms with van der Waals surface area (Å²) < 4.78 is 0. The fraction of sp³-hybridized carbons (Fsp3) is 0.889. The molecule has 0 unspecified atom stereocenters. The minimum absolute atomic E-state index is 0.0954. The van der Waals surface area contributed by atoms with Crippen molar-refractivity contribution >= 4 is 5.96 Å². The van der Waals surface area contributed by atoms with Crippen LogP contribution in [0.15, 0.2) is 4.99 Å². The molecule has 3 rings (SSSR count). The van der Waals surface area contributed by atoms with Crippen molar-refractivity contribution in [1.29, 1.82) is 0 Å². The lowest BCUT2D eigenvalue weighted by Crippen LogP contribution is -2.52. The fourth-order valence-corrected chi connectivity index (χ4v) is 2.47. The van der Waals surface area contributed by atoms with Crippen LogP contribution < -0.4 is 5.48 Å². The van der Waals surface area contributed by atoms with Crippen molar-refractivity contribution in [2.45, 2.75) is 18.6 Å². The van der Waals surface area contributed by atoms with Gasteiger partial charge in [0, 0.05) is 32.5 Å². The van der Waals surface area contributed by atoms with Crippen LogP contribution in [0.5, 0.6) is 0 Å². The molecule has 0 atom stereocenters. The van der Waals surface area contributed by atoms with Gasteiger partial charge in [-0.1, -0.05) is 0 Å². The van der Waals surface area contributed by atoms with E-state index in [-0.39, 0.29) is 5.72 Å². The second kappa shape index (κ2) is 2.84. The van der Waals surface area contributed by atoms with Gasteiger partial charge >= 0.3 is 0 Å². The molecule has 3 heterocycles. The van der Waals surface area contributed by atoms with Crippen LogP contribution in [-0.4, -0.2) is 54.7 Å². The number of nitrogens with one attached hydrogen (secondary N) is 1. The Bertz CT molecular complexity index is 270. The van der Waals surface area contributed by atoms with E-state index < -0.39 is 0 Å². The van der Waals surface area contributed by atoms with Crippen molar-refractivity contribution in [2.75, 3.05) is 33.2 Å². The van der Waals surface area contributed by atoms with E-state index in [0.29, 0.717) is 0 Å². The molecule has 78 valence electrons. The van der Waals surface area contributed by atoms with Crippen LogP contribution in [-0.2, 0) is 4.84 Å². The molecular weight excluding hydrogens is 180 g/mol. The third kappa shape index (κ3) is 1.05. The number of likely N-dealkylation sites (tertiary alicyclic amines) is 1. The van der Waals surface area contributed by atoms with E-state index in [0.717, 1.165) is 45.0 Å². The van der Waals surface area contributed by atoms with Gasteiger partial charge in [-0.3, -0.25) is 0 Å². The zero-order valence-corrected chi connectivity index (χ0v) is 8.49. The average molecular weight is 196 g/mol. The molecule has 0 saturated carbocycles. The molecule has 0 bridgehead atoms. The molecule has 0 amide bonds. The van der Waals surface area contributed by atoms with Gasteiger partial charge in [-0.2, -0.15) is 0 Å². The highest BCUT2D eigenvalue weighted by Crippen LogP contribution is 2.34. The highest BCUT2D eigenvalue weighted by atomic mass is 16.7. The highest BCUT2D eigenvalue weighted by Gasteiger charge is 2.48. The minimum Gasteiger partial charge on any atom is -0.309 e. The van der Waals surface area contributed by atoms with Crippen molar-refractivity contribution in [3.8, 4) is 0 Å². The maximum absolute atomic E-state index is 5.72. The van der Waals surface area contributed by atoms with Crippen LogP contribution >= 0.6 is 0 Å². The molecule has 0 aromatic carbocycles. The van der Waals surface area contributed by atoms with Crippen LogP contribution in [0.2, 0.25) is 0 Å². The summed E-state index contributed by atoms with van der Waals surface area (Å²) in [4.78, 5) is 14.7. The Morgan fingerprint density at radius 2 is 2.14 bits per heavy atom. The van der Waals surface area contributed by atoms with E-state index >= 15 is 0 Å². The number of guanidine groups is 1. The predicted octanol–water partition coefficient (Wildman–Crippen LogP) is -0.385. The largest absolute Gasteiger partial charge is 0.309 e. The third-order valence-electron chi connectivity index (χ3n) is 3.43. The van der Waals surface area contributed by atoms with Gasteiger partial charge in [0.1, 0.15) is 0 Å². The molecule has 5 nitrogen and oxygen atoms in total. The van der Waals surface area contributed by atoms with Gasteiger partial charge in [0.25, 0.3) is 0 Å². The zero-order chi connectivity index (χ0) is 9.60. The molecule has 1 N–H and O–H groups in total. The van der Waals surface area contributed by atoms with Crippen LogP contribution in [0.4, 0.5) is 0 Å². The standard InChI is InChI=1S/C9H16N4O/c1-12-5-2-9(3-6-12)13-7-4-10-8(13)11-14-9/h2-7H2,1H3,(H,10,11). The Morgan fingerprint density at radius 1 is 1.36 bits per heavy atom. The number of aliphatic imine (C=N–C) groups is 1. The number of hydrogen-bond donors (Lipinski definition) is 1. The van der Waals surface area contributed by atoms with Crippen molar-refractivity contribution in [1.82, 2.24) is 15.3 Å². The number of piperidine rings is 1. The average Bonchev–Trinajstić information content (AvgIpc) is 2.75. The molecule has 14 heavy (non-hydrogen) atoms. The second-order valence-electron chi connectivity index (χ2n) is 4.31. The summed E-state index contributed by atoms with van der Waals surface area (Å²) in [5.41, 5.74) is 2.86. The van der Waals surface area contributed by atoms with E-state index in [1.165, 1.54) is 0 Å². The number of hydrogen-bond acceptors (Lipinski definition) is 5. The van der Waals surface area contributed by atoms with Crippen LogP contribution in [0.1, 0.15) is 12.8 Å². The Morgan fingerprint density at radius 3 is 2.93 bits per heavy atom. The molecular formula is C9H16N4O. The zero-order valence-electron chi connectivity index (χ0n) is 8.49. The van der Waals surface area contributed by atoms with E-state index in [9.17, 15) is 0 Å². The van der Waals surface area contributed by atoms with E-state index in [1.54, 1.807) is 0 Å². The fourth-order valence-electron chi connectivity index (χ4n) is 2.47. The van der Waals surface area contributed by atoms with Gasteiger partial charge in [0.15, 0.2) is 5.72 Å². The van der Waals surface area contributed by atoms with Gasteiger partial charge in [-0.05, 0) is 7.05 Å². The SMILES string of the molecule is CN1CCC2(CC1)ONC1=NCCN12. The summed E-state index contributed by atoms with van der Waals surface area (Å²) in [5.74, 6) is 0.939. The summed E-state index contributed by atoms with van der Waals surface area (Å²) in [5, 5.41) is 0. The maximum atomic E-state index is 5.72. The first-order valence-electron chi connectivity index (χ1n) is 5.25. The van der Waals surface area contributed by atoms with Crippen molar-refractivity contribution in [3.63, 3.8) is 0 Å². The molecule has 3 aliphatic heterocycles. The quantitative estimate of drug-likeness (QED) is 0.573. The van der Waals surface area contributed by atoms with Gasteiger partial charge in [0.05, 0.1) is 6.54 Å². The topological polar surface area (TPSA) is 40.1 Å². The van der Waals surface area contributed by atoms with Gasteiger partial charge in [0.2, 0.25) is 5.96 Å². The Kier molecular flexibility index (Phi) is 1.72. The molecule has 5 heteroatoms. The minimum atomic E-state index is -0.0954. The normalized spacial score (nSPS) is 30.4. The molecule has 0 aliphatic carbocycles. The number of hydroxylamine groups is 1. The predicted molar refractivity (Wildman–Crippen MR) is 52.7 cm³/mol. The van der Waals surface area contributed by atoms with Crippen molar-refractivity contribution in [2.24, 2.45) is 4.99 Å². The number of nitrogens with zero attached hydrogens (tertiary/aromatic N) is 3. The van der Waals surface area contributed by atoms with Gasteiger partial charge < -0.3 is 9.80 Å². The lowest BCUT2D eigenvalue weighted by Gasteiger charge is -2.40. The summed E-state index contributed by atoms with van der Waals surface area (Å²) in [6, 6.07) is 0. The maximum Gasteiger partial charge on any atom is 0.220 e. The van der Waals surface area contributed by atoms with E-state index in [1.807, 2.05) is 0 Å². The van der Waals surface area contributed by atoms with Crippen molar-refractivity contribution in [3.05, 3.63) is 0 Å². The van der Waals surface area contributed by atoms with Crippen LogP contribution in [0.3, 0.4) is 0 Å². The summed E-state index contributed by atoms with van der Waals surface area (Å²) in [6.45, 7) is 4.12. The molecule has 0 radical (unpaired) electrons. The smallest absolute Gasteiger partial charge is 0.220 e. The van der Waals surface area contributed by atoms with Crippen molar-refractivity contribution < 1.29 is 4.84 Å². The molecule has 3 aliphatic rings. The lowest BCUT2D eigenvalue weighted by molar-refractivity contribution is -0.140. The Balaban J connectivity index is 1.81. The van der Waals surface area contributed by atoms with Crippen LogP contribution in [0, 0.1) is 0 Å². The molecule has 2 saturated heterocycles. The summed E-state index contributed by atoms with van der Waals surface area (Å²) >= 11 is 0. The summed E-state index contributed by atoms with van der Waals surface area (Å²) in [6.07, 6.45) is 2.13. The molecule has 0 aromatic heterocycles. The van der Waals surface area contributed by atoms with Crippen LogP contribution in [0.25, 0.3) is 0 Å². The third-order valence-corrected chi connectivity index (χ3v) is 3.43. The number of rotatable bonds is 0. The molecule has 1 spiro atoms. The monoisotopic (exact) mass is 196 g/mol. The first kappa shape index (κ1) is 8.49. The molecule has 2 fully saturated rings. The van der Waals surface area contributed by atoms with Gasteiger partial charge in [-0.25, -0.2) is 15.3 Å². The lowest BCUT2D eigenvalue weighted by atomic mass is 9.99. The summed E-state index contributed by atoms with van der Waals surface area (Å²) in [7, 11) is 2.16. The second-order valence-corrected chi connectivity index (χ2v) is 4.31. The Hall–Kier alpha value is -0.810. The Labute approximate surface area is 83.7 Å². The van der Waals surface area contributed by atoms with Gasteiger partial charge in [-0.15, -0.1) is 0 Å². The van der Waals surface area contributed by atoms with E-state index in [2.05, 4.69) is 27.3 Å². The highest BCUT2D eigenvalue weighted by molar-refractivity contribution is 5.82. The number of fused-ring (bicyclic) bond motifs is 2. The first-order chi connectivity index (χ1) is 6.80. The first-order valence-corrected chi connectivity index (χ1v) is 5.25. The molecule has 0 aromatic rings.